The molecule has 0 aliphatic rings. The van der Waals surface area contributed by atoms with Crippen molar-refractivity contribution in [2.75, 3.05) is 12.4 Å². The Balaban J connectivity index is 1.82. The highest BCUT2D eigenvalue weighted by Crippen LogP contribution is 2.14. The Labute approximate surface area is 120 Å². The van der Waals surface area contributed by atoms with E-state index in [9.17, 15) is 4.79 Å². The van der Waals surface area contributed by atoms with Crippen LogP contribution in [-0.2, 0) is 17.8 Å². The van der Waals surface area contributed by atoms with Crippen LogP contribution in [-0.4, -0.2) is 17.9 Å². The summed E-state index contributed by atoms with van der Waals surface area (Å²) in [5.74, 6) is -0.0265. The topological polar surface area (TPSA) is 54.0 Å². The number of nitrogens with zero attached hydrogens (tertiary/aromatic N) is 1. The molecule has 0 atom stereocenters. The number of carbonyl (C=O) groups excluding carboxylic acids is 1. The molecule has 2 N–H and O–H groups in total. The van der Waals surface area contributed by atoms with E-state index in [0.29, 0.717) is 18.0 Å². The van der Waals surface area contributed by atoms with Gasteiger partial charge in [-0.15, -0.1) is 11.3 Å². The number of hydrogen-bond acceptors (Lipinski definition) is 4. The van der Waals surface area contributed by atoms with Crippen molar-refractivity contribution in [1.82, 2.24) is 10.3 Å². The van der Waals surface area contributed by atoms with Crippen LogP contribution in [0.15, 0.2) is 29.6 Å². The third-order valence-corrected chi connectivity index (χ3v) is 3.67. The molecule has 0 unspecified atom stereocenters. The number of benzene rings is 1. The van der Waals surface area contributed by atoms with E-state index in [4.69, 9.17) is 11.6 Å². The van der Waals surface area contributed by atoms with Crippen LogP contribution in [0.5, 0.6) is 0 Å². The van der Waals surface area contributed by atoms with Crippen LogP contribution in [0.2, 0.25) is 5.02 Å². The van der Waals surface area contributed by atoms with Gasteiger partial charge in [-0.05, 0) is 17.7 Å². The number of nitrogens with one attached hydrogen (secondary N) is 2. The molecule has 1 heterocycles. The summed E-state index contributed by atoms with van der Waals surface area (Å²) >= 11 is 7.31. The standard InChI is InChI=1S/C13H14ClN3OS/c1-15-13-17-11(8-19-13)7-16-12(18)6-9-2-4-10(14)5-3-9/h2-5,8H,6-7H2,1H3,(H,15,17)(H,16,18). The molecule has 1 amide bonds. The lowest BCUT2D eigenvalue weighted by Gasteiger charge is -2.03. The van der Waals surface area contributed by atoms with E-state index < -0.39 is 0 Å². The van der Waals surface area contributed by atoms with Crippen molar-refractivity contribution in [2.24, 2.45) is 0 Å². The number of hydrogen-bond donors (Lipinski definition) is 2. The molecule has 1 aromatic heterocycles. The predicted octanol–water partition coefficient (Wildman–Crippen LogP) is 2.70. The number of anilines is 1. The highest BCUT2D eigenvalue weighted by atomic mass is 35.5. The number of carbonyl (C=O) groups is 1. The van der Waals surface area contributed by atoms with Gasteiger partial charge in [-0.1, -0.05) is 23.7 Å². The van der Waals surface area contributed by atoms with Crippen LogP contribution in [0.25, 0.3) is 0 Å². The zero-order valence-electron chi connectivity index (χ0n) is 10.4. The van der Waals surface area contributed by atoms with E-state index in [1.54, 1.807) is 12.1 Å². The second-order valence-electron chi connectivity index (χ2n) is 3.97. The highest BCUT2D eigenvalue weighted by molar-refractivity contribution is 7.13. The Hall–Kier alpha value is -1.59. The Morgan fingerprint density at radius 1 is 1.37 bits per heavy atom. The molecule has 0 saturated carbocycles. The van der Waals surface area contributed by atoms with E-state index in [-0.39, 0.29) is 5.91 Å². The first-order valence-corrected chi connectivity index (χ1v) is 7.06. The first-order chi connectivity index (χ1) is 9.17. The Morgan fingerprint density at radius 3 is 2.74 bits per heavy atom. The SMILES string of the molecule is CNc1nc(CNC(=O)Cc2ccc(Cl)cc2)cs1. The van der Waals surface area contributed by atoms with E-state index in [2.05, 4.69) is 15.6 Å². The zero-order valence-corrected chi connectivity index (χ0v) is 12.0. The first kappa shape index (κ1) is 13.8. The lowest BCUT2D eigenvalue weighted by Crippen LogP contribution is -2.24. The second-order valence-corrected chi connectivity index (χ2v) is 5.27. The van der Waals surface area contributed by atoms with Gasteiger partial charge in [0.2, 0.25) is 5.91 Å². The van der Waals surface area contributed by atoms with Gasteiger partial charge in [0.1, 0.15) is 0 Å². The number of thiazole rings is 1. The highest BCUT2D eigenvalue weighted by Gasteiger charge is 2.05. The lowest BCUT2D eigenvalue weighted by molar-refractivity contribution is -0.120. The van der Waals surface area contributed by atoms with Gasteiger partial charge in [0.25, 0.3) is 0 Å². The maximum absolute atomic E-state index is 11.8. The van der Waals surface area contributed by atoms with Crippen molar-refractivity contribution in [3.05, 3.63) is 45.9 Å². The van der Waals surface area contributed by atoms with Gasteiger partial charge in [-0.2, -0.15) is 0 Å². The van der Waals surface area contributed by atoms with Crippen molar-refractivity contribution >= 4 is 34.0 Å². The van der Waals surface area contributed by atoms with Crippen LogP contribution in [0.1, 0.15) is 11.3 Å². The van der Waals surface area contributed by atoms with Gasteiger partial charge in [0.05, 0.1) is 18.7 Å². The maximum atomic E-state index is 11.8. The number of rotatable bonds is 5. The summed E-state index contributed by atoms with van der Waals surface area (Å²) in [6, 6.07) is 7.27. The summed E-state index contributed by atoms with van der Waals surface area (Å²) < 4.78 is 0. The molecule has 0 aliphatic heterocycles. The molecule has 2 aromatic rings. The van der Waals surface area contributed by atoms with Gasteiger partial charge < -0.3 is 10.6 Å². The average Bonchev–Trinajstić information content (AvgIpc) is 2.87. The van der Waals surface area contributed by atoms with Gasteiger partial charge in [0, 0.05) is 17.5 Å². The van der Waals surface area contributed by atoms with E-state index in [0.717, 1.165) is 16.4 Å². The minimum absolute atomic E-state index is 0.0265. The third kappa shape index (κ3) is 4.22. The van der Waals surface area contributed by atoms with Crippen LogP contribution < -0.4 is 10.6 Å². The second kappa shape index (κ2) is 6.54. The van der Waals surface area contributed by atoms with Crippen LogP contribution >= 0.6 is 22.9 Å². The fourth-order valence-electron chi connectivity index (χ4n) is 1.54. The quantitative estimate of drug-likeness (QED) is 0.892. The molecule has 0 fully saturated rings. The molecule has 0 saturated heterocycles. The molecule has 0 aliphatic carbocycles. The van der Waals surface area contributed by atoms with Crippen molar-refractivity contribution < 1.29 is 4.79 Å². The zero-order chi connectivity index (χ0) is 13.7. The van der Waals surface area contributed by atoms with Gasteiger partial charge in [-0.25, -0.2) is 4.98 Å². The van der Waals surface area contributed by atoms with Crippen molar-refractivity contribution in [2.45, 2.75) is 13.0 Å². The predicted molar refractivity (Wildman–Crippen MR) is 78.7 cm³/mol. The number of amides is 1. The molecule has 100 valence electrons. The average molecular weight is 296 g/mol. The summed E-state index contributed by atoms with van der Waals surface area (Å²) in [6.45, 7) is 0.449. The largest absolute Gasteiger partial charge is 0.365 e. The van der Waals surface area contributed by atoms with Gasteiger partial charge in [-0.3, -0.25) is 4.79 Å². The van der Waals surface area contributed by atoms with Crippen molar-refractivity contribution in [1.29, 1.82) is 0 Å². The molecule has 0 radical (unpaired) electrons. The van der Waals surface area contributed by atoms with Crippen molar-refractivity contribution in [3.8, 4) is 0 Å². The fraction of sp³-hybridized carbons (Fsp3) is 0.231. The fourth-order valence-corrected chi connectivity index (χ4v) is 2.34. The van der Waals surface area contributed by atoms with Gasteiger partial charge in [0.15, 0.2) is 5.13 Å². The van der Waals surface area contributed by atoms with Crippen LogP contribution in [0.4, 0.5) is 5.13 Å². The molecule has 1 aromatic carbocycles. The van der Waals surface area contributed by atoms with Gasteiger partial charge >= 0.3 is 0 Å². The summed E-state index contributed by atoms with van der Waals surface area (Å²) in [7, 11) is 1.82. The lowest BCUT2D eigenvalue weighted by atomic mass is 10.1. The van der Waals surface area contributed by atoms with Crippen LogP contribution in [0, 0.1) is 0 Å². The summed E-state index contributed by atoms with van der Waals surface area (Å²) in [5.41, 5.74) is 1.80. The molecule has 4 nitrogen and oxygen atoms in total. The number of halogens is 1. The Morgan fingerprint density at radius 2 is 2.11 bits per heavy atom. The first-order valence-electron chi connectivity index (χ1n) is 5.80. The Bertz CT molecular complexity index is 553. The van der Waals surface area contributed by atoms with E-state index in [1.165, 1.54) is 11.3 Å². The minimum atomic E-state index is -0.0265. The molecule has 0 spiro atoms. The minimum Gasteiger partial charge on any atom is -0.365 e. The number of aromatic nitrogens is 1. The third-order valence-electron chi connectivity index (χ3n) is 2.51. The van der Waals surface area contributed by atoms with E-state index >= 15 is 0 Å². The monoisotopic (exact) mass is 295 g/mol. The maximum Gasteiger partial charge on any atom is 0.224 e. The van der Waals surface area contributed by atoms with E-state index in [1.807, 2.05) is 24.6 Å². The summed E-state index contributed by atoms with van der Waals surface area (Å²) in [5, 5.41) is 9.25. The molecule has 19 heavy (non-hydrogen) atoms. The molecular formula is C13H14ClN3OS. The van der Waals surface area contributed by atoms with Crippen molar-refractivity contribution in [3.63, 3.8) is 0 Å². The summed E-state index contributed by atoms with van der Waals surface area (Å²) in [6.07, 6.45) is 0.347. The smallest absolute Gasteiger partial charge is 0.224 e. The summed E-state index contributed by atoms with van der Waals surface area (Å²) in [4.78, 5) is 16.1. The molecule has 0 bridgehead atoms. The molecular weight excluding hydrogens is 282 g/mol. The van der Waals surface area contributed by atoms with Crippen LogP contribution in [0.3, 0.4) is 0 Å². The molecule has 6 heteroatoms. The molecule has 2 rings (SSSR count). The normalized spacial score (nSPS) is 10.2. The Kier molecular flexibility index (Phi) is 4.76.